The molecule has 1 amide bonds. The Labute approximate surface area is 106 Å². The van der Waals surface area contributed by atoms with Gasteiger partial charge in [-0.15, -0.1) is 0 Å². The highest BCUT2D eigenvalue weighted by Gasteiger charge is 2.12. The number of carbonyl (C=O) groups is 1. The average Bonchev–Trinajstić information content (AvgIpc) is 2.32. The van der Waals surface area contributed by atoms with Crippen LogP contribution in [0.4, 0.5) is 0 Å². The molecule has 0 atom stereocenters. The number of halogens is 1. The summed E-state index contributed by atoms with van der Waals surface area (Å²) in [6.07, 6.45) is 0.782. The number of hydrogen-bond donors (Lipinski definition) is 1. The number of rotatable bonds is 5. The van der Waals surface area contributed by atoms with E-state index in [1.54, 1.807) is 25.1 Å². The molecule has 1 rings (SSSR count). The molecule has 0 saturated heterocycles. The lowest BCUT2D eigenvalue weighted by atomic mass is 10.2. The van der Waals surface area contributed by atoms with E-state index in [4.69, 9.17) is 16.3 Å². The molecule has 0 aliphatic heterocycles. The van der Waals surface area contributed by atoms with Crippen LogP contribution in [0.1, 0.15) is 16.8 Å². The van der Waals surface area contributed by atoms with Crippen molar-refractivity contribution in [1.82, 2.24) is 4.90 Å². The van der Waals surface area contributed by atoms with Crippen LogP contribution in [0.5, 0.6) is 5.75 Å². The molecule has 0 saturated carbocycles. The van der Waals surface area contributed by atoms with Gasteiger partial charge in [-0.1, -0.05) is 11.6 Å². The van der Waals surface area contributed by atoms with E-state index < -0.39 is 0 Å². The van der Waals surface area contributed by atoms with Gasteiger partial charge in [0.05, 0.1) is 5.02 Å². The van der Waals surface area contributed by atoms with Gasteiger partial charge in [0.2, 0.25) is 0 Å². The van der Waals surface area contributed by atoms with Crippen LogP contribution in [0, 0.1) is 0 Å². The van der Waals surface area contributed by atoms with Crippen molar-refractivity contribution in [1.29, 1.82) is 0 Å². The van der Waals surface area contributed by atoms with E-state index in [1.807, 2.05) is 0 Å². The molecule has 1 aromatic rings. The maximum Gasteiger partial charge on any atom is 0.253 e. The minimum Gasteiger partial charge on any atom is -0.506 e. The van der Waals surface area contributed by atoms with E-state index in [9.17, 15) is 9.90 Å². The van der Waals surface area contributed by atoms with Crippen LogP contribution >= 0.6 is 11.6 Å². The summed E-state index contributed by atoms with van der Waals surface area (Å²) < 4.78 is 4.92. The Morgan fingerprint density at radius 1 is 1.53 bits per heavy atom. The molecular weight excluding hydrogens is 242 g/mol. The second-order valence-electron chi connectivity index (χ2n) is 3.74. The molecule has 17 heavy (non-hydrogen) atoms. The summed E-state index contributed by atoms with van der Waals surface area (Å²) in [5.41, 5.74) is 0.465. The number of aromatic hydroxyl groups is 1. The Morgan fingerprint density at radius 2 is 2.24 bits per heavy atom. The van der Waals surface area contributed by atoms with Crippen molar-refractivity contribution in [3.8, 4) is 5.75 Å². The van der Waals surface area contributed by atoms with Crippen molar-refractivity contribution < 1.29 is 14.6 Å². The van der Waals surface area contributed by atoms with Gasteiger partial charge < -0.3 is 14.7 Å². The first-order chi connectivity index (χ1) is 8.06. The molecule has 0 unspecified atom stereocenters. The molecule has 0 fully saturated rings. The Kier molecular flexibility index (Phi) is 5.25. The highest BCUT2D eigenvalue weighted by Crippen LogP contribution is 2.24. The smallest absolute Gasteiger partial charge is 0.253 e. The maximum atomic E-state index is 11.9. The molecule has 0 aliphatic rings. The van der Waals surface area contributed by atoms with Crippen LogP contribution in [-0.2, 0) is 4.74 Å². The summed E-state index contributed by atoms with van der Waals surface area (Å²) in [4.78, 5) is 13.5. The summed E-state index contributed by atoms with van der Waals surface area (Å²) in [5.74, 6) is -0.145. The SMILES string of the molecule is COCCCN(C)C(=O)c1ccc(O)c(Cl)c1. The van der Waals surface area contributed by atoms with Gasteiger partial charge in [-0.05, 0) is 24.6 Å². The molecule has 94 valence electrons. The summed E-state index contributed by atoms with van der Waals surface area (Å²) in [6, 6.07) is 4.43. The lowest BCUT2D eigenvalue weighted by Crippen LogP contribution is -2.28. The van der Waals surface area contributed by atoms with Crippen molar-refractivity contribution >= 4 is 17.5 Å². The van der Waals surface area contributed by atoms with Gasteiger partial charge in [0.1, 0.15) is 5.75 Å². The van der Waals surface area contributed by atoms with E-state index in [-0.39, 0.29) is 16.7 Å². The normalized spacial score (nSPS) is 10.3. The van der Waals surface area contributed by atoms with Crippen molar-refractivity contribution in [3.63, 3.8) is 0 Å². The predicted molar refractivity (Wildman–Crippen MR) is 66.6 cm³/mol. The highest BCUT2D eigenvalue weighted by molar-refractivity contribution is 6.32. The van der Waals surface area contributed by atoms with Gasteiger partial charge in [-0.2, -0.15) is 0 Å². The fourth-order valence-corrected chi connectivity index (χ4v) is 1.59. The fourth-order valence-electron chi connectivity index (χ4n) is 1.41. The minimum absolute atomic E-state index is 0.0229. The van der Waals surface area contributed by atoms with Crippen LogP contribution in [-0.4, -0.2) is 43.2 Å². The Bertz CT molecular complexity index is 395. The number of phenolic OH excluding ortho intramolecular Hbond substituents is 1. The Hall–Kier alpha value is -1.26. The van der Waals surface area contributed by atoms with Crippen LogP contribution in [0.25, 0.3) is 0 Å². The summed E-state index contributed by atoms with van der Waals surface area (Å²) in [5, 5.41) is 9.45. The first-order valence-corrected chi connectivity index (χ1v) is 5.67. The van der Waals surface area contributed by atoms with Gasteiger partial charge in [-0.25, -0.2) is 0 Å². The quantitative estimate of drug-likeness (QED) is 0.823. The third-order valence-corrected chi connectivity index (χ3v) is 2.69. The van der Waals surface area contributed by atoms with Crippen molar-refractivity contribution in [3.05, 3.63) is 28.8 Å². The standard InChI is InChI=1S/C12H16ClNO3/c1-14(6-3-7-17-2)12(16)9-4-5-11(15)10(13)8-9/h4-5,8,15H,3,6-7H2,1-2H3. The zero-order valence-corrected chi connectivity index (χ0v) is 10.7. The Morgan fingerprint density at radius 3 is 2.82 bits per heavy atom. The molecule has 0 heterocycles. The fraction of sp³-hybridized carbons (Fsp3) is 0.417. The third-order valence-electron chi connectivity index (χ3n) is 2.38. The topological polar surface area (TPSA) is 49.8 Å². The summed E-state index contributed by atoms with van der Waals surface area (Å²) in [7, 11) is 3.35. The van der Waals surface area contributed by atoms with Gasteiger partial charge >= 0.3 is 0 Å². The second kappa shape index (κ2) is 6.47. The van der Waals surface area contributed by atoms with Gasteiger partial charge in [0, 0.05) is 32.9 Å². The number of methoxy groups -OCH3 is 1. The number of ether oxygens (including phenoxy) is 1. The number of nitrogens with zero attached hydrogens (tertiary/aromatic N) is 1. The molecule has 4 nitrogen and oxygen atoms in total. The Balaban J connectivity index is 2.65. The molecule has 0 radical (unpaired) electrons. The minimum atomic E-state index is -0.122. The molecule has 0 aliphatic carbocycles. The number of amides is 1. The van der Waals surface area contributed by atoms with Crippen molar-refractivity contribution in [2.75, 3.05) is 27.3 Å². The first-order valence-electron chi connectivity index (χ1n) is 5.29. The molecular formula is C12H16ClNO3. The monoisotopic (exact) mass is 257 g/mol. The summed E-state index contributed by atoms with van der Waals surface area (Å²) >= 11 is 5.75. The number of phenols is 1. The van der Waals surface area contributed by atoms with Crippen LogP contribution in [0.3, 0.4) is 0 Å². The maximum absolute atomic E-state index is 11.9. The van der Waals surface area contributed by atoms with Gasteiger partial charge in [0.15, 0.2) is 0 Å². The second-order valence-corrected chi connectivity index (χ2v) is 4.15. The zero-order chi connectivity index (χ0) is 12.8. The highest BCUT2D eigenvalue weighted by atomic mass is 35.5. The van der Waals surface area contributed by atoms with E-state index in [0.29, 0.717) is 18.7 Å². The number of hydrogen-bond acceptors (Lipinski definition) is 3. The largest absolute Gasteiger partial charge is 0.506 e. The molecule has 1 aromatic carbocycles. The zero-order valence-electron chi connectivity index (χ0n) is 9.94. The van der Waals surface area contributed by atoms with E-state index in [1.165, 1.54) is 12.1 Å². The molecule has 0 bridgehead atoms. The lowest BCUT2D eigenvalue weighted by Gasteiger charge is -2.17. The van der Waals surface area contributed by atoms with E-state index >= 15 is 0 Å². The third kappa shape index (κ3) is 3.91. The predicted octanol–water partition coefficient (Wildman–Crippen LogP) is 2.15. The lowest BCUT2D eigenvalue weighted by molar-refractivity contribution is 0.0779. The van der Waals surface area contributed by atoms with Gasteiger partial charge in [-0.3, -0.25) is 4.79 Å². The molecule has 5 heteroatoms. The molecule has 1 N–H and O–H groups in total. The molecule has 0 aromatic heterocycles. The van der Waals surface area contributed by atoms with E-state index in [0.717, 1.165) is 6.42 Å². The number of benzene rings is 1. The average molecular weight is 258 g/mol. The number of carbonyl (C=O) groups excluding carboxylic acids is 1. The first kappa shape index (κ1) is 13.8. The van der Waals surface area contributed by atoms with Crippen molar-refractivity contribution in [2.45, 2.75) is 6.42 Å². The van der Waals surface area contributed by atoms with Crippen LogP contribution < -0.4 is 0 Å². The van der Waals surface area contributed by atoms with Gasteiger partial charge in [0.25, 0.3) is 5.91 Å². The van der Waals surface area contributed by atoms with Crippen LogP contribution in [0.15, 0.2) is 18.2 Å². The van der Waals surface area contributed by atoms with Crippen LogP contribution in [0.2, 0.25) is 5.02 Å². The summed E-state index contributed by atoms with van der Waals surface area (Å²) in [6.45, 7) is 1.24. The molecule has 0 spiro atoms. The van der Waals surface area contributed by atoms with Crippen molar-refractivity contribution in [2.24, 2.45) is 0 Å². The van der Waals surface area contributed by atoms with E-state index in [2.05, 4.69) is 0 Å².